The molecule has 2 aromatic carbocycles. The van der Waals surface area contributed by atoms with Gasteiger partial charge in [0.25, 0.3) is 5.91 Å². The number of aliphatic hydroxyl groups excluding tert-OH is 1. The number of halogens is 6. The predicted octanol–water partition coefficient (Wildman–Crippen LogP) is 4.39. The second-order valence-corrected chi connectivity index (χ2v) is 11.7. The van der Waals surface area contributed by atoms with Crippen molar-refractivity contribution in [3.05, 3.63) is 65.7 Å². The van der Waals surface area contributed by atoms with Gasteiger partial charge in [-0.25, -0.2) is 4.99 Å². The van der Waals surface area contributed by atoms with Crippen LogP contribution in [0.1, 0.15) is 49.7 Å². The van der Waals surface area contributed by atoms with Crippen LogP contribution in [-0.4, -0.2) is 84.9 Å². The van der Waals surface area contributed by atoms with Crippen molar-refractivity contribution >= 4 is 29.1 Å². The smallest absolute Gasteiger partial charge is 0.389 e. The second kappa shape index (κ2) is 15.3. The number of hydrogen-bond donors (Lipinski definition) is 3. The third-order valence-electron chi connectivity index (χ3n) is 8.34. The summed E-state index contributed by atoms with van der Waals surface area (Å²) >= 11 is 0. The van der Waals surface area contributed by atoms with Crippen LogP contribution in [0.5, 0.6) is 0 Å². The lowest BCUT2D eigenvalue weighted by atomic mass is 9.83. The van der Waals surface area contributed by atoms with Gasteiger partial charge in [0.2, 0.25) is 18.0 Å². The largest absolute Gasteiger partial charge is 0.393 e. The summed E-state index contributed by atoms with van der Waals surface area (Å²) in [5, 5.41) is 14.6. The van der Waals surface area contributed by atoms with Crippen molar-refractivity contribution in [1.82, 2.24) is 15.5 Å². The van der Waals surface area contributed by atoms with Crippen LogP contribution in [0.4, 0.5) is 32.0 Å². The molecule has 47 heavy (non-hydrogen) atoms. The molecule has 0 spiro atoms. The molecule has 2 aliphatic rings. The first-order valence-electron chi connectivity index (χ1n) is 15.2. The molecule has 0 aliphatic carbocycles. The summed E-state index contributed by atoms with van der Waals surface area (Å²) in [6, 6.07) is 15.4. The maximum absolute atomic E-state index is 13.8. The lowest BCUT2D eigenvalue weighted by Crippen LogP contribution is -2.51. The maximum atomic E-state index is 13.8. The first kappa shape index (κ1) is 35.9. The summed E-state index contributed by atoms with van der Waals surface area (Å²) in [4.78, 5) is 48.2. The van der Waals surface area contributed by atoms with E-state index in [0.717, 1.165) is 0 Å². The van der Waals surface area contributed by atoms with Gasteiger partial charge in [-0.3, -0.25) is 19.3 Å². The van der Waals surface area contributed by atoms with Gasteiger partial charge in [0.05, 0.1) is 24.2 Å². The number of fused-ring (bicyclic) bond motifs is 1. The number of alkyl halides is 6. The zero-order valence-corrected chi connectivity index (χ0v) is 25.7. The molecule has 3 amide bonds. The van der Waals surface area contributed by atoms with Crippen LogP contribution < -0.4 is 15.5 Å². The van der Waals surface area contributed by atoms with Crippen molar-refractivity contribution in [2.75, 3.05) is 31.7 Å². The zero-order chi connectivity index (χ0) is 34.4. The molecule has 2 heterocycles. The van der Waals surface area contributed by atoms with Crippen molar-refractivity contribution in [1.29, 1.82) is 0 Å². The van der Waals surface area contributed by atoms with E-state index in [1.54, 1.807) is 59.5 Å². The van der Waals surface area contributed by atoms with Gasteiger partial charge >= 0.3 is 12.4 Å². The van der Waals surface area contributed by atoms with E-state index in [2.05, 4.69) is 15.6 Å². The molecule has 2 aliphatic heterocycles. The number of carbonyl (C=O) groups is 3. The molecule has 3 atom stereocenters. The first-order valence-corrected chi connectivity index (χ1v) is 15.2. The SMILES string of the molecule is CN1C(=O)[C@@H](NC(=O)[C@H](CCC(F)(F)F)[C@H](CCC(F)(F)F)C(=O)NCN2CCC(O)CC2)N=C(c2ccccc2)c2ccccc21. The second-order valence-electron chi connectivity index (χ2n) is 11.7. The Kier molecular flexibility index (Phi) is 11.7. The zero-order valence-electron chi connectivity index (χ0n) is 25.7. The molecular formula is C32H37F6N5O4. The molecule has 3 N–H and O–H groups in total. The minimum Gasteiger partial charge on any atom is -0.393 e. The monoisotopic (exact) mass is 669 g/mol. The minimum atomic E-state index is -4.78. The van der Waals surface area contributed by atoms with Crippen molar-refractivity contribution in [3.63, 3.8) is 0 Å². The number of rotatable bonds is 11. The summed E-state index contributed by atoms with van der Waals surface area (Å²) in [5.41, 5.74) is 1.85. The number of aliphatic imine (C=N–C) groups is 1. The van der Waals surface area contributed by atoms with Crippen molar-refractivity contribution in [2.24, 2.45) is 16.8 Å². The molecule has 256 valence electrons. The lowest BCUT2D eigenvalue weighted by Gasteiger charge is -2.31. The number of anilines is 1. The molecule has 4 rings (SSSR count). The molecule has 1 saturated heterocycles. The van der Waals surface area contributed by atoms with Crippen molar-refractivity contribution in [3.8, 4) is 0 Å². The standard InChI is InChI=1S/C32H37F6N5O4/c1-42-25-10-6-5-9-24(25)26(20-7-3-2-4-8-20)40-27(30(42)47)41-29(46)23(12-16-32(36,37)38)22(11-15-31(33,34)35)28(45)39-19-43-17-13-21(44)14-18-43/h2-10,21-23,27,44H,11-19H2,1H3,(H,39,45)(H,41,46)/t22-,23+,27+/m0/s1. The molecule has 0 aromatic heterocycles. The Morgan fingerprint density at radius 3 is 2.04 bits per heavy atom. The van der Waals surface area contributed by atoms with E-state index < -0.39 is 79.9 Å². The van der Waals surface area contributed by atoms with E-state index in [4.69, 9.17) is 0 Å². The van der Waals surface area contributed by atoms with Crippen LogP contribution in [0, 0.1) is 11.8 Å². The normalized spacial score (nSPS) is 19.3. The fourth-order valence-corrected chi connectivity index (χ4v) is 5.75. The van der Waals surface area contributed by atoms with Crippen LogP contribution in [0.2, 0.25) is 0 Å². The summed E-state index contributed by atoms with van der Waals surface area (Å²) < 4.78 is 80.4. The third-order valence-corrected chi connectivity index (χ3v) is 8.34. The van der Waals surface area contributed by atoms with Gasteiger partial charge in [0, 0.05) is 55.9 Å². The van der Waals surface area contributed by atoms with Crippen LogP contribution in [0.3, 0.4) is 0 Å². The first-order chi connectivity index (χ1) is 22.1. The predicted molar refractivity (Wildman–Crippen MR) is 161 cm³/mol. The summed E-state index contributed by atoms with van der Waals surface area (Å²) in [6.07, 6.45) is -15.9. The third kappa shape index (κ3) is 10.0. The van der Waals surface area contributed by atoms with E-state index in [0.29, 0.717) is 48.5 Å². The van der Waals surface area contributed by atoms with Crippen LogP contribution in [-0.2, 0) is 14.4 Å². The van der Waals surface area contributed by atoms with Gasteiger partial charge in [-0.15, -0.1) is 0 Å². The van der Waals surface area contributed by atoms with Crippen LogP contribution in [0.15, 0.2) is 59.6 Å². The fraction of sp³-hybridized carbons (Fsp3) is 0.500. The number of likely N-dealkylation sites (tertiary alicyclic amines) is 1. The lowest BCUT2D eigenvalue weighted by molar-refractivity contribution is -0.153. The molecule has 2 aromatic rings. The number of likely N-dealkylation sites (N-methyl/N-ethyl adjacent to an activating group) is 1. The van der Waals surface area contributed by atoms with E-state index in [9.17, 15) is 45.8 Å². The number of benzodiazepines with no additional fused rings is 1. The Morgan fingerprint density at radius 2 is 1.45 bits per heavy atom. The van der Waals surface area contributed by atoms with Gasteiger partial charge in [-0.1, -0.05) is 48.5 Å². The van der Waals surface area contributed by atoms with E-state index in [1.165, 1.54) is 11.9 Å². The average Bonchev–Trinajstić information content (AvgIpc) is 3.12. The Balaban J connectivity index is 1.66. The van der Waals surface area contributed by atoms with E-state index in [-0.39, 0.29) is 6.67 Å². The molecule has 0 saturated carbocycles. The van der Waals surface area contributed by atoms with Gasteiger partial charge < -0.3 is 20.6 Å². The Hall–Kier alpha value is -3.98. The molecule has 15 heteroatoms. The van der Waals surface area contributed by atoms with Crippen molar-refractivity contribution in [2.45, 2.75) is 63.1 Å². The van der Waals surface area contributed by atoms with Gasteiger partial charge in [0.1, 0.15) is 0 Å². The number of hydrogen-bond acceptors (Lipinski definition) is 6. The number of aliphatic hydroxyl groups is 1. The van der Waals surface area contributed by atoms with Crippen LogP contribution in [0.25, 0.3) is 0 Å². The number of carbonyl (C=O) groups excluding carboxylic acids is 3. The fourth-order valence-electron chi connectivity index (χ4n) is 5.75. The number of nitrogens with zero attached hydrogens (tertiary/aromatic N) is 3. The Bertz CT molecular complexity index is 1430. The Labute approximate surface area is 268 Å². The highest BCUT2D eigenvalue weighted by atomic mass is 19.4. The van der Waals surface area contributed by atoms with E-state index in [1.807, 2.05) is 0 Å². The number of piperidine rings is 1. The average molecular weight is 670 g/mol. The number of benzene rings is 2. The van der Waals surface area contributed by atoms with Gasteiger partial charge in [0.15, 0.2) is 0 Å². The van der Waals surface area contributed by atoms with Gasteiger partial charge in [-0.05, 0) is 31.7 Å². The molecule has 9 nitrogen and oxygen atoms in total. The molecule has 1 fully saturated rings. The minimum absolute atomic E-state index is 0.128. The number of para-hydroxylation sites is 1. The molecule has 0 unspecified atom stereocenters. The molecular weight excluding hydrogens is 632 g/mol. The highest BCUT2D eigenvalue weighted by Crippen LogP contribution is 2.34. The highest BCUT2D eigenvalue weighted by Gasteiger charge is 2.42. The van der Waals surface area contributed by atoms with Crippen molar-refractivity contribution < 1.29 is 45.8 Å². The quantitative estimate of drug-likeness (QED) is 0.308. The highest BCUT2D eigenvalue weighted by molar-refractivity contribution is 6.20. The topological polar surface area (TPSA) is 114 Å². The summed E-state index contributed by atoms with van der Waals surface area (Å²) in [5.74, 6) is -6.64. The van der Waals surface area contributed by atoms with Crippen LogP contribution >= 0.6 is 0 Å². The summed E-state index contributed by atoms with van der Waals surface area (Å²) in [6.45, 7) is 0.638. The number of amides is 3. The van der Waals surface area contributed by atoms with Gasteiger partial charge in [-0.2, -0.15) is 26.3 Å². The number of nitrogens with one attached hydrogen (secondary N) is 2. The Morgan fingerprint density at radius 1 is 0.894 bits per heavy atom. The maximum Gasteiger partial charge on any atom is 0.389 e. The molecule has 0 radical (unpaired) electrons. The van der Waals surface area contributed by atoms with E-state index >= 15 is 0 Å². The molecule has 0 bridgehead atoms. The summed E-state index contributed by atoms with van der Waals surface area (Å²) in [7, 11) is 1.43.